The lowest BCUT2D eigenvalue weighted by Crippen LogP contribution is -2.27. The Kier molecular flexibility index (Phi) is 10.6. The van der Waals surface area contributed by atoms with E-state index >= 15 is 0 Å². The van der Waals surface area contributed by atoms with E-state index in [0.717, 1.165) is 19.3 Å². The van der Waals surface area contributed by atoms with Gasteiger partial charge in [-0.2, -0.15) is 0 Å². The van der Waals surface area contributed by atoms with Crippen LogP contribution < -0.4 is 0 Å². The third kappa shape index (κ3) is 9.16. The van der Waals surface area contributed by atoms with Gasteiger partial charge in [-0.3, -0.25) is 4.79 Å². The number of rotatable bonds is 12. The molecule has 4 heteroatoms. The molecule has 0 heterocycles. The summed E-state index contributed by atoms with van der Waals surface area (Å²) in [4.78, 5) is 21.2. The van der Waals surface area contributed by atoms with Crippen LogP contribution in [-0.4, -0.2) is 28.1 Å². The Morgan fingerprint density at radius 3 is 1.78 bits per heavy atom. The molecule has 0 amide bonds. The molecule has 0 spiro atoms. The molecule has 0 aromatic rings. The Balaban J connectivity index is 3.30. The van der Waals surface area contributed by atoms with E-state index in [2.05, 4.69) is 6.92 Å². The number of carbonyl (C=O) groups is 2. The molecule has 2 N–H and O–H groups in total. The second-order valence-corrected chi connectivity index (χ2v) is 4.80. The van der Waals surface area contributed by atoms with Crippen molar-refractivity contribution in [1.82, 2.24) is 0 Å². The van der Waals surface area contributed by atoms with Crippen LogP contribution in [0.3, 0.4) is 0 Å². The van der Waals surface area contributed by atoms with Crippen molar-refractivity contribution in [3.8, 4) is 0 Å². The molecule has 4 nitrogen and oxygen atoms in total. The second-order valence-electron chi connectivity index (χ2n) is 4.80. The number of carboxylic acid groups (broad SMARTS) is 1. The van der Waals surface area contributed by atoms with E-state index in [9.17, 15) is 14.7 Å². The molecular weight excluding hydrogens is 232 g/mol. The molecule has 0 saturated carbocycles. The van der Waals surface area contributed by atoms with Crippen molar-refractivity contribution < 1.29 is 19.8 Å². The number of ketones is 1. The van der Waals surface area contributed by atoms with Crippen molar-refractivity contribution in [1.29, 1.82) is 0 Å². The van der Waals surface area contributed by atoms with Crippen LogP contribution in [-0.2, 0) is 9.59 Å². The van der Waals surface area contributed by atoms with E-state index < -0.39 is 17.9 Å². The highest BCUT2D eigenvalue weighted by molar-refractivity contribution is 6.34. The number of aliphatic hydroxyl groups is 1. The van der Waals surface area contributed by atoms with Gasteiger partial charge >= 0.3 is 5.97 Å². The van der Waals surface area contributed by atoms with Crippen LogP contribution in [0.25, 0.3) is 0 Å². The largest absolute Gasteiger partial charge is 0.475 e. The predicted octanol–water partition coefficient (Wildman–Crippen LogP) is 2.92. The minimum Gasteiger partial charge on any atom is -0.475 e. The molecule has 106 valence electrons. The molecule has 0 fully saturated rings. The van der Waals surface area contributed by atoms with Crippen molar-refractivity contribution in [3.63, 3.8) is 0 Å². The first-order chi connectivity index (χ1) is 8.59. The number of carbonyl (C=O) groups excluding carboxylic acids is 1. The number of hydrogen-bond donors (Lipinski definition) is 2. The molecule has 1 unspecified atom stereocenters. The first-order valence-electron chi connectivity index (χ1n) is 7.04. The van der Waals surface area contributed by atoms with Crippen molar-refractivity contribution in [2.75, 3.05) is 0 Å². The summed E-state index contributed by atoms with van der Waals surface area (Å²) in [7, 11) is 0. The van der Waals surface area contributed by atoms with E-state index in [-0.39, 0.29) is 6.42 Å². The number of hydrogen-bond acceptors (Lipinski definition) is 3. The number of Topliss-reactive ketones (excluding diaryl/α,β-unsaturated/α-hetero) is 1. The van der Waals surface area contributed by atoms with Crippen LogP contribution in [0.1, 0.15) is 71.1 Å². The molecule has 0 saturated heterocycles. The highest BCUT2D eigenvalue weighted by Crippen LogP contribution is 2.11. The Labute approximate surface area is 109 Å². The monoisotopic (exact) mass is 258 g/mol. The van der Waals surface area contributed by atoms with Crippen LogP contribution in [0.5, 0.6) is 0 Å². The van der Waals surface area contributed by atoms with Gasteiger partial charge in [0.2, 0.25) is 0 Å². The molecule has 0 rings (SSSR count). The molecule has 0 aromatic heterocycles. The quantitative estimate of drug-likeness (QED) is 0.417. The van der Waals surface area contributed by atoms with Crippen LogP contribution >= 0.6 is 0 Å². The Bertz CT molecular complexity index is 238. The molecule has 0 aliphatic heterocycles. The maximum absolute atomic E-state index is 10.9. The minimum atomic E-state index is -1.54. The lowest BCUT2D eigenvalue weighted by molar-refractivity contribution is -0.153. The van der Waals surface area contributed by atoms with Crippen LogP contribution in [0.15, 0.2) is 0 Å². The topological polar surface area (TPSA) is 74.6 Å². The summed E-state index contributed by atoms with van der Waals surface area (Å²) in [5, 5.41) is 17.6. The zero-order chi connectivity index (χ0) is 13.8. The Morgan fingerprint density at radius 2 is 1.33 bits per heavy atom. The number of aliphatic hydroxyl groups excluding tert-OH is 1. The average Bonchev–Trinajstić information content (AvgIpc) is 2.35. The van der Waals surface area contributed by atoms with Crippen LogP contribution in [0.4, 0.5) is 0 Å². The summed E-state index contributed by atoms with van der Waals surface area (Å²) in [5.74, 6) is -2.63. The third-order valence-corrected chi connectivity index (χ3v) is 3.09. The van der Waals surface area contributed by atoms with Crippen LogP contribution in [0.2, 0.25) is 0 Å². The minimum absolute atomic E-state index is 0.265. The number of carboxylic acids is 1. The van der Waals surface area contributed by atoms with Crippen LogP contribution in [0, 0.1) is 0 Å². The summed E-state index contributed by atoms with van der Waals surface area (Å²) in [6, 6.07) is 0. The predicted molar refractivity (Wildman–Crippen MR) is 70.5 cm³/mol. The molecule has 0 aromatic carbocycles. The fourth-order valence-corrected chi connectivity index (χ4v) is 1.92. The normalized spacial score (nSPS) is 12.3. The highest BCUT2D eigenvalue weighted by atomic mass is 16.4. The highest BCUT2D eigenvalue weighted by Gasteiger charge is 2.21. The lowest BCUT2D eigenvalue weighted by Gasteiger charge is -2.06. The SMILES string of the molecule is CCCCCCCCCCCC(O)C(=O)C(=O)O. The smallest absolute Gasteiger partial charge is 0.374 e. The fourth-order valence-electron chi connectivity index (χ4n) is 1.92. The Hall–Kier alpha value is -0.900. The van der Waals surface area contributed by atoms with Gasteiger partial charge in [0.1, 0.15) is 6.10 Å². The summed E-state index contributed by atoms with van der Waals surface area (Å²) >= 11 is 0. The molecule has 1 atom stereocenters. The summed E-state index contributed by atoms with van der Waals surface area (Å²) < 4.78 is 0. The van der Waals surface area contributed by atoms with Gasteiger partial charge in [0.25, 0.3) is 5.78 Å². The number of aliphatic carboxylic acids is 1. The van der Waals surface area contributed by atoms with Gasteiger partial charge < -0.3 is 10.2 Å². The van der Waals surface area contributed by atoms with E-state index in [1.165, 1.54) is 38.5 Å². The summed E-state index contributed by atoms with van der Waals surface area (Å²) in [5.41, 5.74) is 0. The second kappa shape index (κ2) is 11.2. The summed E-state index contributed by atoms with van der Waals surface area (Å²) in [6.45, 7) is 2.20. The average molecular weight is 258 g/mol. The van der Waals surface area contributed by atoms with Gasteiger partial charge in [0, 0.05) is 0 Å². The molecule has 0 radical (unpaired) electrons. The first kappa shape index (κ1) is 17.1. The van der Waals surface area contributed by atoms with Gasteiger partial charge in [0.05, 0.1) is 0 Å². The van der Waals surface area contributed by atoms with Gasteiger partial charge in [-0.15, -0.1) is 0 Å². The van der Waals surface area contributed by atoms with Gasteiger partial charge in [-0.1, -0.05) is 64.7 Å². The summed E-state index contributed by atoms with van der Waals surface area (Å²) in [6.07, 6.45) is 9.30. The zero-order valence-electron chi connectivity index (χ0n) is 11.4. The van der Waals surface area contributed by atoms with Crippen molar-refractivity contribution in [3.05, 3.63) is 0 Å². The van der Waals surface area contributed by atoms with Crippen molar-refractivity contribution in [2.24, 2.45) is 0 Å². The molecule has 0 aliphatic rings. The van der Waals surface area contributed by atoms with Gasteiger partial charge in [-0.25, -0.2) is 4.79 Å². The van der Waals surface area contributed by atoms with E-state index in [4.69, 9.17) is 5.11 Å². The standard InChI is InChI=1S/C14H26O4/c1-2-3-4-5-6-7-8-9-10-11-12(15)13(16)14(17)18/h12,15H,2-11H2,1H3,(H,17,18). The fraction of sp³-hybridized carbons (Fsp3) is 0.857. The zero-order valence-corrected chi connectivity index (χ0v) is 11.4. The molecular formula is C14H26O4. The van der Waals surface area contributed by atoms with Crippen molar-refractivity contribution >= 4 is 11.8 Å². The van der Waals surface area contributed by atoms with Crippen molar-refractivity contribution in [2.45, 2.75) is 77.2 Å². The first-order valence-corrected chi connectivity index (χ1v) is 7.04. The van der Waals surface area contributed by atoms with Gasteiger partial charge in [0.15, 0.2) is 0 Å². The maximum Gasteiger partial charge on any atom is 0.374 e. The van der Waals surface area contributed by atoms with E-state index in [1.54, 1.807) is 0 Å². The number of unbranched alkanes of at least 4 members (excludes halogenated alkanes) is 8. The van der Waals surface area contributed by atoms with E-state index in [1.807, 2.05) is 0 Å². The Morgan fingerprint density at radius 1 is 0.889 bits per heavy atom. The lowest BCUT2D eigenvalue weighted by atomic mass is 10.0. The molecule has 0 aliphatic carbocycles. The third-order valence-electron chi connectivity index (χ3n) is 3.09. The maximum atomic E-state index is 10.9. The van der Waals surface area contributed by atoms with Gasteiger partial charge in [-0.05, 0) is 6.42 Å². The molecule has 0 bridgehead atoms. The molecule has 18 heavy (non-hydrogen) atoms. The van der Waals surface area contributed by atoms with E-state index in [0.29, 0.717) is 0 Å².